The van der Waals surface area contributed by atoms with Gasteiger partial charge in [0.1, 0.15) is 5.75 Å². The molecule has 1 saturated heterocycles. The van der Waals surface area contributed by atoms with Crippen LogP contribution in [0, 0.1) is 11.3 Å². The number of carbonyl (C=O) groups excluding carboxylic acids is 1. The molecule has 1 heterocycles. The third-order valence-corrected chi connectivity index (χ3v) is 10.3. The van der Waals surface area contributed by atoms with Crippen LogP contribution in [-0.2, 0) is 17.6 Å². The minimum Gasteiger partial charge on any atom is -0.497 e. The number of carbonyl (C=O) groups is 2. The van der Waals surface area contributed by atoms with E-state index in [4.69, 9.17) is 33.0 Å². The van der Waals surface area contributed by atoms with E-state index in [1.165, 1.54) is 16.7 Å². The Morgan fingerprint density at radius 3 is 2.42 bits per heavy atom. The molecule has 1 fully saturated rings. The Hall–Kier alpha value is -3.06. The van der Waals surface area contributed by atoms with Crippen LogP contribution < -0.4 is 10.1 Å². The summed E-state index contributed by atoms with van der Waals surface area (Å²) >= 11 is 12.9. The minimum absolute atomic E-state index is 0.0247. The monoisotopic (exact) mass is 622 g/mol. The summed E-state index contributed by atoms with van der Waals surface area (Å²) in [6.07, 6.45) is 2.88. The zero-order chi connectivity index (χ0) is 30.9. The number of likely N-dealkylation sites (tertiary alicyclic amines) is 1. The molecule has 5 rings (SSSR count). The summed E-state index contributed by atoms with van der Waals surface area (Å²) in [5.41, 5.74) is 5.61. The summed E-state index contributed by atoms with van der Waals surface area (Å²) in [5.74, 6) is 0.431. The van der Waals surface area contributed by atoms with Gasteiger partial charge in [-0.15, -0.1) is 0 Å². The predicted octanol–water partition coefficient (Wildman–Crippen LogP) is 7.57. The normalized spacial score (nSPS) is 24.3. The van der Waals surface area contributed by atoms with Gasteiger partial charge in [-0.3, -0.25) is 14.5 Å². The first-order valence-electron chi connectivity index (χ1n) is 15.0. The number of rotatable bonds is 9. The van der Waals surface area contributed by atoms with Crippen molar-refractivity contribution < 1.29 is 19.4 Å². The molecule has 0 saturated carbocycles. The number of hydrogen-bond acceptors (Lipinski definition) is 4. The lowest BCUT2D eigenvalue weighted by molar-refractivity contribution is -0.136. The first-order valence-corrected chi connectivity index (χ1v) is 15.7. The molecule has 1 aliphatic carbocycles. The highest BCUT2D eigenvalue weighted by molar-refractivity contribution is 6.34. The van der Waals surface area contributed by atoms with Crippen molar-refractivity contribution in [2.24, 2.45) is 11.3 Å². The van der Waals surface area contributed by atoms with E-state index in [0.717, 1.165) is 37.1 Å². The van der Waals surface area contributed by atoms with Crippen LogP contribution in [0.5, 0.6) is 5.75 Å². The maximum Gasteiger partial charge on any atom is 0.305 e. The van der Waals surface area contributed by atoms with Gasteiger partial charge < -0.3 is 15.2 Å². The van der Waals surface area contributed by atoms with E-state index in [-0.39, 0.29) is 36.2 Å². The van der Waals surface area contributed by atoms with Gasteiger partial charge in [0.15, 0.2) is 0 Å². The number of aliphatic carboxylic acids is 1. The van der Waals surface area contributed by atoms with E-state index in [1.807, 2.05) is 24.3 Å². The van der Waals surface area contributed by atoms with E-state index in [0.29, 0.717) is 27.6 Å². The number of halogens is 2. The summed E-state index contributed by atoms with van der Waals surface area (Å²) in [4.78, 5) is 26.0. The van der Waals surface area contributed by atoms with Gasteiger partial charge >= 0.3 is 5.97 Å². The van der Waals surface area contributed by atoms with Gasteiger partial charge in [0.25, 0.3) is 5.91 Å². The number of benzene rings is 3. The second kappa shape index (κ2) is 12.9. The molecular formula is C35H40Cl2N2O4. The summed E-state index contributed by atoms with van der Waals surface area (Å²) in [5, 5.41) is 12.9. The standard InChI is InChI=1S/C35H40Cl2N2O4/c1-21-13-26-16-31(43-4)10-9-25(26)19-35(21,3)32-17-28(27-14-29(36)18-30(37)15-27)20-39(32)22(2)23-5-7-24(8-6-23)34(42)38-12-11-33(40)41/h5-10,14-16,18,21-22,28,32H,11-13,17,19-20H2,1-4H3,(H,38,42)(H,40,41)/t21-,22?,28-,32-,35?/m1/s1. The molecule has 43 heavy (non-hydrogen) atoms. The van der Waals surface area contributed by atoms with Crippen LogP contribution in [0.2, 0.25) is 10.0 Å². The number of carboxylic acid groups (broad SMARTS) is 1. The van der Waals surface area contributed by atoms with Gasteiger partial charge in [0.2, 0.25) is 0 Å². The maximum absolute atomic E-state index is 12.6. The average Bonchev–Trinajstić information content (AvgIpc) is 3.43. The largest absolute Gasteiger partial charge is 0.497 e. The lowest BCUT2D eigenvalue weighted by Crippen LogP contribution is -2.50. The van der Waals surface area contributed by atoms with E-state index < -0.39 is 5.97 Å². The first kappa shape index (κ1) is 31.4. The number of fused-ring (bicyclic) bond motifs is 1. The highest BCUT2D eigenvalue weighted by Crippen LogP contribution is 2.52. The summed E-state index contributed by atoms with van der Waals surface area (Å²) < 4.78 is 5.52. The van der Waals surface area contributed by atoms with Crippen molar-refractivity contribution in [2.45, 2.75) is 64.5 Å². The third-order valence-electron chi connectivity index (χ3n) is 9.87. The Morgan fingerprint density at radius 2 is 1.77 bits per heavy atom. The zero-order valence-corrected chi connectivity index (χ0v) is 26.7. The molecule has 2 N–H and O–H groups in total. The molecule has 228 valence electrons. The second-order valence-electron chi connectivity index (χ2n) is 12.5. The maximum atomic E-state index is 12.6. The summed E-state index contributed by atoms with van der Waals surface area (Å²) in [7, 11) is 1.72. The Labute approximate surface area is 264 Å². The number of methoxy groups -OCH3 is 1. The van der Waals surface area contributed by atoms with Crippen molar-refractivity contribution in [2.75, 3.05) is 20.2 Å². The Bertz CT molecular complexity index is 1470. The van der Waals surface area contributed by atoms with Gasteiger partial charge in [-0.25, -0.2) is 0 Å². The van der Waals surface area contributed by atoms with Gasteiger partial charge in [-0.2, -0.15) is 0 Å². The molecule has 1 aliphatic heterocycles. The smallest absolute Gasteiger partial charge is 0.305 e. The topological polar surface area (TPSA) is 78.9 Å². The van der Waals surface area contributed by atoms with Gasteiger partial charge in [-0.1, -0.05) is 55.2 Å². The predicted molar refractivity (Wildman–Crippen MR) is 171 cm³/mol. The second-order valence-corrected chi connectivity index (χ2v) is 13.3. The fraction of sp³-hybridized carbons (Fsp3) is 0.429. The van der Waals surface area contributed by atoms with E-state index in [1.54, 1.807) is 13.2 Å². The fourth-order valence-electron chi connectivity index (χ4n) is 7.16. The van der Waals surface area contributed by atoms with Crippen molar-refractivity contribution >= 4 is 35.1 Å². The number of amides is 1. The number of nitrogens with one attached hydrogen (secondary N) is 1. The van der Waals surface area contributed by atoms with Crippen LogP contribution in [-0.4, -0.2) is 48.1 Å². The molecule has 2 unspecified atom stereocenters. The zero-order valence-electron chi connectivity index (χ0n) is 25.2. The molecular weight excluding hydrogens is 583 g/mol. The van der Waals surface area contributed by atoms with E-state index >= 15 is 0 Å². The lowest BCUT2D eigenvalue weighted by Gasteiger charge is -2.49. The Balaban J connectivity index is 1.44. The van der Waals surface area contributed by atoms with Crippen LogP contribution in [0.1, 0.15) is 78.2 Å². The molecule has 5 atom stereocenters. The number of carboxylic acids is 1. The lowest BCUT2D eigenvalue weighted by atomic mass is 9.61. The quantitative estimate of drug-likeness (QED) is 0.257. The van der Waals surface area contributed by atoms with E-state index in [2.05, 4.69) is 61.3 Å². The molecule has 3 aromatic carbocycles. The first-order chi connectivity index (χ1) is 20.5. The molecule has 3 aromatic rings. The number of nitrogens with zero attached hydrogens (tertiary/aromatic N) is 1. The Morgan fingerprint density at radius 1 is 1.07 bits per heavy atom. The van der Waals surface area contributed by atoms with Crippen LogP contribution in [0.3, 0.4) is 0 Å². The molecule has 0 spiro atoms. The Kier molecular flexibility index (Phi) is 9.40. The highest BCUT2D eigenvalue weighted by atomic mass is 35.5. The van der Waals surface area contributed by atoms with Crippen molar-refractivity contribution in [1.82, 2.24) is 10.2 Å². The number of hydrogen-bond donors (Lipinski definition) is 2. The molecule has 1 amide bonds. The SMILES string of the molecule is COc1ccc2c(c1)C[C@@H](C)C(C)([C@H]1C[C@@H](c3cc(Cl)cc(Cl)c3)CN1C(C)c1ccc(C(=O)NCCC(=O)O)cc1)C2. The van der Waals surface area contributed by atoms with E-state index in [9.17, 15) is 9.59 Å². The van der Waals surface area contributed by atoms with Gasteiger partial charge in [0.05, 0.1) is 13.5 Å². The summed E-state index contributed by atoms with van der Waals surface area (Å²) in [6, 6.07) is 20.5. The number of ether oxygens (including phenoxy) is 1. The molecule has 6 nitrogen and oxygen atoms in total. The van der Waals surface area contributed by atoms with Crippen molar-refractivity contribution in [3.05, 3.63) is 98.5 Å². The fourth-order valence-corrected chi connectivity index (χ4v) is 7.71. The van der Waals surface area contributed by atoms with Crippen molar-refractivity contribution in [3.8, 4) is 5.75 Å². The average molecular weight is 624 g/mol. The van der Waals surface area contributed by atoms with Gasteiger partial charge in [0, 0.05) is 40.8 Å². The van der Waals surface area contributed by atoms with Crippen LogP contribution >= 0.6 is 23.2 Å². The molecule has 0 bridgehead atoms. The van der Waals surface area contributed by atoms with Crippen LogP contribution in [0.4, 0.5) is 0 Å². The van der Waals surface area contributed by atoms with Crippen LogP contribution in [0.25, 0.3) is 0 Å². The molecule has 0 radical (unpaired) electrons. The highest BCUT2D eigenvalue weighted by Gasteiger charge is 2.50. The van der Waals surface area contributed by atoms with Crippen molar-refractivity contribution in [1.29, 1.82) is 0 Å². The van der Waals surface area contributed by atoms with Crippen molar-refractivity contribution in [3.63, 3.8) is 0 Å². The third kappa shape index (κ3) is 6.72. The van der Waals surface area contributed by atoms with Gasteiger partial charge in [-0.05, 0) is 108 Å². The molecule has 2 aliphatic rings. The summed E-state index contributed by atoms with van der Waals surface area (Å²) in [6.45, 7) is 8.05. The molecule has 8 heteroatoms. The van der Waals surface area contributed by atoms with Crippen LogP contribution in [0.15, 0.2) is 60.7 Å². The minimum atomic E-state index is -0.938. The molecule has 0 aromatic heterocycles.